The Bertz CT molecular complexity index is 745. The van der Waals surface area contributed by atoms with E-state index in [0.717, 1.165) is 3.57 Å². The average Bonchev–Trinajstić information content (AvgIpc) is 3.02. The van der Waals surface area contributed by atoms with Gasteiger partial charge in [0.1, 0.15) is 0 Å². The molecule has 2 aromatic rings. The van der Waals surface area contributed by atoms with Gasteiger partial charge in [0.2, 0.25) is 6.79 Å². The third-order valence-corrected chi connectivity index (χ3v) is 3.79. The lowest BCUT2D eigenvalue weighted by Crippen LogP contribution is -2.20. The van der Waals surface area contributed by atoms with Crippen LogP contribution in [0.1, 0.15) is 10.4 Å². The molecule has 23 heavy (non-hydrogen) atoms. The summed E-state index contributed by atoms with van der Waals surface area (Å²) >= 11 is 2.17. The Morgan fingerprint density at radius 2 is 1.83 bits per heavy atom. The highest BCUT2D eigenvalue weighted by atomic mass is 127. The fourth-order valence-corrected chi connectivity index (χ4v) is 2.33. The highest BCUT2D eigenvalue weighted by Gasteiger charge is 2.17. The van der Waals surface area contributed by atoms with Gasteiger partial charge in [-0.05, 0) is 65.1 Å². The van der Waals surface area contributed by atoms with E-state index in [4.69, 9.17) is 14.2 Å². The van der Waals surface area contributed by atoms with Gasteiger partial charge in [-0.15, -0.1) is 0 Å². The van der Waals surface area contributed by atoms with Crippen LogP contribution in [0.25, 0.3) is 0 Å². The number of nitrogens with one attached hydrogen (secondary N) is 1. The van der Waals surface area contributed by atoms with E-state index in [2.05, 4.69) is 27.9 Å². The van der Waals surface area contributed by atoms with Crippen molar-refractivity contribution < 1.29 is 23.8 Å². The first-order valence-electron chi connectivity index (χ1n) is 6.74. The summed E-state index contributed by atoms with van der Waals surface area (Å²) in [6.45, 7) is -0.231. The second-order valence-corrected chi connectivity index (χ2v) is 5.94. The second-order valence-electron chi connectivity index (χ2n) is 4.70. The topological polar surface area (TPSA) is 73.9 Å². The zero-order valence-electron chi connectivity index (χ0n) is 11.9. The summed E-state index contributed by atoms with van der Waals surface area (Å²) in [6, 6.07) is 12.0. The molecule has 0 saturated heterocycles. The van der Waals surface area contributed by atoms with Crippen molar-refractivity contribution in [1.82, 2.24) is 0 Å². The van der Waals surface area contributed by atoms with E-state index < -0.39 is 11.9 Å². The monoisotopic (exact) mass is 425 g/mol. The number of rotatable bonds is 4. The van der Waals surface area contributed by atoms with Gasteiger partial charge in [0.05, 0.1) is 5.56 Å². The van der Waals surface area contributed by atoms with Crippen LogP contribution in [0.5, 0.6) is 11.5 Å². The first-order valence-corrected chi connectivity index (χ1v) is 7.82. The molecule has 0 saturated carbocycles. The summed E-state index contributed by atoms with van der Waals surface area (Å²) in [4.78, 5) is 23.7. The number of hydrogen-bond acceptors (Lipinski definition) is 5. The summed E-state index contributed by atoms with van der Waals surface area (Å²) in [5.74, 6) is 0.0714. The molecule has 1 aliphatic heterocycles. The van der Waals surface area contributed by atoms with Gasteiger partial charge in [0.25, 0.3) is 5.91 Å². The van der Waals surface area contributed by atoms with Crippen LogP contribution < -0.4 is 14.8 Å². The van der Waals surface area contributed by atoms with Crippen LogP contribution in [-0.4, -0.2) is 25.3 Å². The normalized spacial score (nSPS) is 11.9. The maximum atomic E-state index is 11.9. The van der Waals surface area contributed by atoms with Crippen molar-refractivity contribution in [3.63, 3.8) is 0 Å². The van der Waals surface area contributed by atoms with Crippen LogP contribution in [-0.2, 0) is 9.53 Å². The summed E-state index contributed by atoms with van der Waals surface area (Å²) in [5.41, 5.74) is 0.950. The van der Waals surface area contributed by atoms with Gasteiger partial charge < -0.3 is 19.5 Å². The third-order valence-electron chi connectivity index (χ3n) is 3.07. The molecular formula is C16H12INO5. The Balaban J connectivity index is 1.54. The molecule has 3 rings (SSSR count). The number of fused-ring (bicyclic) bond motifs is 1. The maximum Gasteiger partial charge on any atom is 0.338 e. The molecule has 6 nitrogen and oxygen atoms in total. The number of halogens is 1. The fourth-order valence-electron chi connectivity index (χ4n) is 1.97. The molecule has 0 atom stereocenters. The SMILES string of the molecule is O=C(COC(=O)c1ccc2c(c1)OCO2)Nc1ccc(I)cc1. The van der Waals surface area contributed by atoms with Crippen molar-refractivity contribution in [2.45, 2.75) is 0 Å². The molecule has 0 bridgehead atoms. The molecule has 1 heterocycles. The van der Waals surface area contributed by atoms with Crippen molar-refractivity contribution in [1.29, 1.82) is 0 Å². The summed E-state index contributed by atoms with van der Waals surface area (Å²) in [7, 11) is 0. The van der Waals surface area contributed by atoms with Gasteiger partial charge in [0, 0.05) is 9.26 Å². The lowest BCUT2D eigenvalue weighted by atomic mass is 10.2. The van der Waals surface area contributed by atoms with Crippen molar-refractivity contribution >= 4 is 40.2 Å². The summed E-state index contributed by atoms with van der Waals surface area (Å²) in [5, 5.41) is 2.65. The average molecular weight is 425 g/mol. The Hall–Kier alpha value is -2.29. The summed E-state index contributed by atoms with van der Waals surface area (Å²) < 4.78 is 16.4. The molecule has 0 aliphatic carbocycles. The molecule has 1 amide bonds. The highest BCUT2D eigenvalue weighted by molar-refractivity contribution is 14.1. The number of esters is 1. The molecule has 0 radical (unpaired) electrons. The van der Waals surface area contributed by atoms with Crippen LogP contribution in [0.3, 0.4) is 0 Å². The van der Waals surface area contributed by atoms with Gasteiger partial charge in [-0.25, -0.2) is 4.79 Å². The van der Waals surface area contributed by atoms with E-state index in [0.29, 0.717) is 22.7 Å². The zero-order chi connectivity index (χ0) is 16.2. The Morgan fingerprint density at radius 3 is 2.61 bits per heavy atom. The minimum absolute atomic E-state index is 0.131. The minimum atomic E-state index is -0.596. The molecule has 0 aromatic heterocycles. The van der Waals surface area contributed by atoms with Gasteiger partial charge in [0.15, 0.2) is 18.1 Å². The van der Waals surface area contributed by atoms with E-state index in [1.54, 1.807) is 24.3 Å². The quantitative estimate of drug-likeness (QED) is 0.603. The predicted octanol–water partition coefficient (Wildman–Crippen LogP) is 2.82. The molecule has 1 aliphatic rings. The Morgan fingerprint density at radius 1 is 1.09 bits per heavy atom. The van der Waals surface area contributed by atoms with E-state index >= 15 is 0 Å². The van der Waals surface area contributed by atoms with Gasteiger partial charge in [-0.1, -0.05) is 0 Å². The van der Waals surface area contributed by atoms with E-state index in [-0.39, 0.29) is 13.4 Å². The van der Waals surface area contributed by atoms with Gasteiger partial charge >= 0.3 is 5.97 Å². The lowest BCUT2D eigenvalue weighted by molar-refractivity contribution is -0.119. The smallest absolute Gasteiger partial charge is 0.338 e. The lowest BCUT2D eigenvalue weighted by Gasteiger charge is -2.07. The van der Waals surface area contributed by atoms with Crippen LogP contribution in [0, 0.1) is 3.57 Å². The highest BCUT2D eigenvalue weighted by Crippen LogP contribution is 2.32. The number of benzene rings is 2. The number of ether oxygens (including phenoxy) is 3. The molecule has 118 valence electrons. The molecule has 0 unspecified atom stereocenters. The largest absolute Gasteiger partial charge is 0.454 e. The predicted molar refractivity (Wildman–Crippen MR) is 90.6 cm³/mol. The maximum absolute atomic E-state index is 11.9. The van der Waals surface area contributed by atoms with Crippen molar-refractivity contribution in [3.8, 4) is 11.5 Å². The minimum Gasteiger partial charge on any atom is -0.454 e. The summed E-state index contributed by atoms with van der Waals surface area (Å²) in [6.07, 6.45) is 0. The Kier molecular flexibility index (Phi) is 4.65. The number of carbonyl (C=O) groups is 2. The zero-order valence-corrected chi connectivity index (χ0v) is 14.0. The first kappa shape index (κ1) is 15.6. The molecule has 1 N–H and O–H groups in total. The van der Waals surface area contributed by atoms with Crippen molar-refractivity contribution in [3.05, 3.63) is 51.6 Å². The van der Waals surface area contributed by atoms with Crippen molar-refractivity contribution in [2.75, 3.05) is 18.7 Å². The van der Waals surface area contributed by atoms with Crippen LogP contribution in [0.2, 0.25) is 0 Å². The van der Waals surface area contributed by atoms with Crippen LogP contribution in [0.4, 0.5) is 5.69 Å². The number of amides is 1. The molecule has 2 aromatic carbocycles. The second kappa shape index (κ2) is 6.86. The van der Waals surface area contributed by atoms with Crippen LogP contribution >= 0.6 is 22.6 Å². The third kappa shape index (κ3) is 3.92. The molecule has 7 heteroatoms. The van der Waals surface area contributed by atoms with E-state index in [9.17, 15) is 9.59 Å². The molecule has 0 fully saturated rings. The van der Waals surface area contributed by atoms with E-state index in [1.807, 2.05) is 12.1 Å². The van der Waals surface area contributed by atoms with Gasteiger partial charge in [-0.2, -0.15) is 0 Å². The number of hydrogen-bond donors (Lipinski definition) is 1. The standard InChI is InChI=1S/C16H12INO5/c17-11-2-4-12(5-3-11)18-15(19)8-21-16(20)10-1-6-13-14(7-10)23-9-22-13/h1-7H,8-9H2,(H,18,19). The number of anilines is 1. The Labute approximate surface area is 145 Å². The molecular weight excluding hydrogens is 413 g/mol. The number of carbonyl (C=O) groups excluding carboxylic acids is 2. The fraction of sp³-hybridized carbons (Fsp3) is 0.125. The first-order chi connectivity index (χ1) is 11.1. The van der Waals surface area contributed by atoms with Gasteiger partial charge in [-0.3, -0.25) is 4.79 Å². The molecule has 0 spiro atoms. The van der Waals surface area contributed by atoms with E-state index in [1.165, 1.54) is 6.07 Å². The van der Waals surface area contributed by atoms with Crippen molar-refractivity contribution in [2.24, 2.45) is 0 Å². The van der Waals surface area contributed by atoms with Crippen LogP contribution in [0.15, 0.2) is 42.5 Å².